The van der Waals surface area contributed by atoms with Gasteiger partial charge >= 0.3 is 5.97 Å². The Labute approximate surface area is 104 Å². The van der Waals surface area contributed by atoms with E-state index < -0.39 is 5.97 Å². The summed E-state index contributed by atoms with van der Waals surface area (Å²) in [6, 6.07) is 1.41. The number of carbonyl (C=O) groups is 1. The van der Waals surface area contributed by atoms with Gasteiger partial charge in [-0.3, -0.25) is 0 Å². The van der Waals surface area contributed by atoms with E-state index in [9.17, 15) is 4.79 Å². The van der Waals surface area contributed by atoms with Gasteiger partial charge in [0.25, 0.3) is 0 Å². The number of hydrogen-bond donors (Lipinski definition) is 0. The number of rotatable bonds is 2. The molecule has 0 aliphatic carbocycles. The smallest absolute Gasteiger partial charge is 0.356 e. The number of halogens is 1. The Morgan fingerprint density at radius 1 is 1.47 bits per heavy atom. The van der Waals surface area contributed by atoms with Crippen molar-refractivity contribution in [1.82, 2.24) is 9.97 Å². The third kappa shape index (κ3) is 2.92. The number of carbonyl (C=O) groups excluding carboxylic acids is 1. The summed E-state index contributed by atoms with van der Waals surface area (Å²) in [5.74, 6) is 0.301. The molecule has 6 heteroatoms. The zero-order valence-electron chi connectivity index (χ0n) is 9.48. The first-order valence-electron chi connectivity index (χ1n) is 5.41. The molecule has 17 heavy (non-hydrogen) atoms. The maximum absolute atomic E-state index is 11.4. The predicted octanol–water partition coefficient (Wildman–Crippen LogP) is 1.81. The third-order valence-corrected chi connectivity index (χ3v) is 2.89. The molecule has 1 aliphatic rings. The van der Waals surface area contributed by atoms with Crippen LogP contribution in [-0.4, -0.2) is 36.3 Å². The Morgan fingerprint density at radius 3 is 2.82 bits per heavy atom. The van der Waals surface area contributed by atoms with Crippen molar-refractivity contribution in [1.29, 1.82) is 0 Å². The van der Waals surface area contributed by atoms with Crippen molar-refractivity contribution in [3.8, 4) is 0 Å². The highest BCUT2D eigenvalue weighted by atomic mass is 35.5. The lowest BCUT2D eigenvalue weighted by Crippen LogP contribution is -2.18. The van der Waals surface area contributed by atoms with Crippen LogP contribution in [0.1, 0.15) is 35.1 Å². The molecule has 0 N–H and O–H groups in total. The maximum Gasteiger partial charge on any atom is 0.356 e. The molecule has 0 radical (unpaired) electrons. The van der Waals surface area contributed by atoms with Crippen molar-refractivity contribution in [2.75, 3.05) is 20.3 Å². The van der Waals surface area contributed by atoms with E-state index in [1.54, 1.807) is 0 Å². The van der Waals surface area contributed by atoms with Gasteiger partial charge in [0.1, 0.15) is 11.0 Å². The summed E-state index contributed by atoms with van der Waals surface area (Å²) in [5.41, 5.74) is 0.203. The van der Waals surface area contributed by atoms with Crippen LogP contribution in [0.5, 0.6) is 0 Å². The average Bonchev–Trinajstić information content (AvgIpc) is 2.38. The second-order valence-electron chi connectivity index (χ2n) is 3.81. The molecule has 1 aliphatic heterocycles. The second-order valence-corrected chi connectivity index (χ2v) is 4.20. The van der Waals surface area contributed by atoms with Crippen LogP contribution >= 0.6 is 11.6 Å². The lowest BCUT2D eigenvalue weighted by atomic mass is 9.99. The molecule has 92 valence electrons. The number of aromatic nitrogens is 2. The second kappa shape index (κ2) is 5.42. The standard InChI is InChI=1S/C11H13ClN2O3/c1-16-11(15)8-6-9(12)14-10(13-8)7-2-4-17-5-3-7/h6-7H,2-5H2,1H3. The first kappa shape index (κ1) is 12.3. The molecule has 0 unspecified atom stereocenters. The number of methoxy groups -OCH3 is 1. The van der Waals surface area contributed by atoms with Crippen LogP contribution in [0, 0.1) is 0 Å². The summed E-state index contributed by atoms with van der Waals surface area (Å²) in [4.78, 5) is 19.8. The molecule has 2 rings (SSSR count). The van der Waals surface area contributed by atoms with Crippen molar-refractivity contribution in [3.63, 3.8) is 0 Å². The summed E-state index contributed by atoms with van der Waals surface area (Å²) in [7, 11) is 1.31. The largest absolute Gasteiger partial charge is 0.464 e. The van der Waals surface area contributed by atoms with Gasteiger partial charge in [0.05, 0.1) is 7.11 Å². The summed E-state index contributed by atoms with van der Waals surface area (Å²) in [6.07, 6.45) is 1.70. The van der Waals surface area contributed by atoms with Crippen LogP contribution in [0.3, 0.4) is 0 Å². The van der Waals surface area contributed by atoms with Crippen LogP contribution in [-0.2, 0) is 9.47 Å². The van der Waals surface area contributed by atoms with Crippen molar-refractivity contribution in [3.05, 3.63) is 22.7 Å². The van der Waals surface area contributed by atoms with Gasteiger partial charge in [0.15, 0.2) is 5.69 Å². The van der Waals surface area contributed by atoms with Gasteiger partial charge in [-0.15, -0.1) is 0 Å². The molecular weight excluding hydrogens is 244 g/mol. The molecule has 0 atom stereocenters. The van der Waals surface area contributed by atoms with Gasteiger partial charge in [0.2, 0.25) is 0 Å². The Bertz CT molecular complexity index is 419. The summed E-state index contributed by atoms with van der Waals surface area (Å²) >= 11 is 5.88. The third-order valence-electron chi connectivity index (χ3n) is 2.69. The van der Waals surface area contributed by atoms with Crippen LogP contribution in [0.25, 0.3) is 0 Å². The van der Waals surface area contributed by atoms with E-state index in [4.69, 9.17) is 16.3 Å². The summed E-state index contributed by atoms with van der Waals surface area (Å²) in [6.45, 7) is 1.38. The molecule has 0 saturated carbocycles. The van der Waals surface area contributed by atoms with Crippen LogP contribution < -0.4 is 0 Å². The van der Waals surface area contributed by atoms with E-state index in [-0.39, 0.29) is 16.8 Å². The molecule has 0 spiro atoms. The van der Waals surface area contributed by atoms with Crippen LogP contribution in [0.4, 0.5) is 0 Å². The molecule has 0 amide bonds. The number of hydrogen-bond acceptors (Lipinski definition) is 5. The van der Waals surface area contributed by atoms with E-state index >= 15 is 0 Å². The minimum Gasteiger partial charge on any atom is -0.464 e. The van der Waals surface area contributed by atoms with Crippen molar-refractivity contribution >= 4 is 17.6 Å². The molecule has 1 aromatic rings. The predicted molar refractivity (Wildman–Crippen MR) is 61.2 cm³/mol. The van der Waals surface area contributed by atoms with Crippen molar-refractivity contribution in [2.24, 2.45) is 0 Å². The van der Waals surface area contributed by atoms with Crippen LogP contribution in [0.2, 0.25) is 5.15 Å². The molecule has 5 nitrogen and oxygen atoms in total. The van der Waals surface area contributed by atoms with Gasteiger partial charge in [-0.1, -0.05) is 11.6 Å². The average molecular weight is 257 g/mol. The molecule has 1 fully saturated rings. The lowest BCUT2D eigenvalue weighted by Gasteiger charge is -2.20. The van der Waals surface area contributed by atoms with Gasteiger partial charge < -0.3 is 9.47 Å². The Morgan fingerprint density at radius 2 is 2.18 bits per heavy atom. The molecule has 1 saturated heterocycles. The normalized spacial score (nSPS) is 16.8. The molecule has 0 bridgehead atoms. The zero-order chi connectivity index (χ0) is 12.3. The topological polar surface area (TPSA) is 61.3 Å². The number of nitrogens with zero attached hydrogens (tertiary/aromatic N) is 2. The Kier molecular flexibility index (Phi) is 3.91. The summed E-state index contributed by atoms with van der Waals surface area (Å²) in [5, 5.41) is 0.266. The Balaban J connectivity index is 2.27. The minimum absolute atomic E-state index is 0.200. The first-order valence-corrected chi connectivity index (χ1v) is 5.79. The molecule has 0 aromatic carbocycles. The van der Waals surface area contributed by atoms with Gasteiger partial charge in [0, 0.05) is 25.2 Å². The van der Waals surface area contributed by atoms with E-state index in [0.717, 1.165) is 12.8 Å². The zero-order valence-corrected chi connectivity index (χ0v) is 10.2. The maximum atomic E-state index is 11.4. The molecule has 2 heterocycles. The van der Waals surface area contributed by atoms with Crippen LogP contribution in [0.15, 0.2) is 6.07 Å². The van der Waals surface area contributed by atoms with E-state index in [0.29, 0.717) is 19.0 Å². The van der Waals surface area contributed by atoms with Crippen molar-refractivity contribution in [2.45, 2.75) is 18.8 Å². The van der Waals surface area contributed by atoms with E-state index in [2.05, 4.69) is 14.7 Å². The fourth-order valence-electron chi connectivity index (χ4n) is 1.78. The highest BCUT2D eigenvalue weighted by Gasteiger charge is 2.21. The molecule has 1 aromatic heterocycles. The number of esters is 1. The number of ether oxygens (including phenoxy) is 2. The van der Waals surface area contributed by atoms with Gasteiger partial charge in [-0.05, 0) is 12.8 Å². The first-order chi connectivity index (χ1) is 8.20. The lowest BCUT2D eigenvalue weighted by molar-refractivity contribution is 0.0592. The van der Waals surface area contributed by atoms with Gasteiger partial charge in [-0.2, -0.15) is 0 Å². The Hall–Kier alpha value is -1.20. The molecular formula is C11H13ClN2O3. The highest BCUT2D eigenvalue weighted by molar-refractivity contribution is 6.29. The van der Waals surface area contributed by atoms with Crippen molar-refractivity contribution < 1.29 is 14.3 Å². The highest BCUT2D eigenvalue weighted by Crippen LogP contribution is 2.25. The van der Waals surface area contributed by atoms with E-state index in [1.165, 1.54) is 13.2 Å². The fraction of sp³-hybridized carbons (Fsp3) is 0.545. The minimum atomic E-state index is -0.498. The summed E-state index contributed by atoms with van der Waals surface area (Å²) < 4.78 is 9.89. The SMILES string of the molecule is COC(=O)c1cc(Cl)nc(C2CCOCC2)n1. The monoisotopic (exact) mass is 256 g/mol. The van der Waals surface area contributed by atoms with Gasteiger partial charge in [-0.25, -0.2) is 14.8 Å². The fourth-order valence-corrected chi connectivity index (χ4v) is 1.97. The van der Waals surface area contributed by atoms with E-state index in [1.807, 2.05) is 0 Å². The quantitative estimate of drug-likeness (QED) is 0.597.